The molecule has 4 heteroatoms. The molecule has 0 radical (unpaired) electrons. The lowest BCUT2D eigenvalue weighted by Gasteiger charge is -2.17. The van der Waals surface area contributed by atoms with Gasteiger partial charge in [-0.05, 0) is 32.0 Å². The van der Waals surface area contributed by atoms with Gasteiger partial charge in [0.25, 0.3) is 0 Å². The number of furan rings is 1. The molecule has 0 bridgehead atoms. The van der Waals surface area contributed by atoms with Gasteiger partial charge < -0.3 is 14.3 Å². The molecule has 2 rings (SSSR count). The van der Waals surface area contributed by atoms with Crippen molar-refractivity contribution in [3.63, 3.8) is 0 Å². The summed E-state index contributed by atoms with van der Waals surface area (Å²) in [4.78, 5) is 4.44. The summed E-state index contributed by atoms with van der Waals surface area (Å²) in [5, 5.41) is 3.43. The van der Waals surface area contributed by atoms with Crippen LogP contribution in [0.5, 0.6) is 0 Å². The van der Waals surface area contributed by atoms with Crippen LogP contribution in [0.3, 0.4) is 0 Å². The minimum Gasteiger partial charge on any atom is -0.467 e. The lowest BCUT2D eigenvalue weighted by atomic mass is 10.1. The number of nitrogens with zero attached hydrogens (tertiary/aromatic N) is 2. The monoisotopic (exact) mass is 233 g/mol. The predicted molar refractivity (Wildman–Crippen MR) is 66.9 cm³/mol. The molecule has 0 fully saturated rings. The van der Waals surface area contributed by atoms with E-state index in [1.54, 1.807) is 6.26 Å². The van der Waals surface area contributed by atoms with Crippen molar-refractivity contribution < 1.29 is 4.42 Å². The number of hydrogen-bond donors (Lipinski definition) is 1. The van der Waals surface area contributed by atoms with Gasteiger partial charge in [-0.3, -0.25) is 0 Å². The van der Waals surface area contributed by atoms with Crippen molar-refractivity contribution in [3.8, 4) is 0 Å². The van der Waals surface area contributed by atoms with E-state index in [0.717, 1.165) is 30.2 Å². The molecule has 0 aromatic carbocycles. The minimum atomic E-state index is 0.0324. The molecule has 92 valence electrons. The molecule has 0 spiro atoms. The molecule has 0 aliphatic rings. The number of rotatable bonds is 5. The molecule has 17 heavy (non-hydrogen) atoms. The molecule has 0 aliphatic heterocycles. The summed E-state index contributed by atoms with van der Waals surface area (Å²) >= 11 is 0. The first-order valence-corrected chi connectivity index (χ1v) is 6.06. The van der Waals surface area contributed by atoms with Crippen LogP contribution < -0.4 is 5.32 Å². The fourth-order valence-corrected chi connectivity index (χ4v) is 2.03. The molecule has 1 atom stereocenters. The normalized spacial score (nSPS) is 12.9. The summed E-state index contributed by atoms with van der Waals surface area (Å²) in [6, 6.07) is 2.02. The fraction of sp³-hybridized carbons (Fsp3) is 0.462. The Bertz CT molecular complexity index is 472. The van der Waals surface area contributed by atoms with E-state index in [4.69, 9.17) is 4.42 Å². The first kappa shape index (κ1) is 11.9. The molecule has 1 unspecified atom stereocenters. The molecule has 1 N–H and O–H groups in total. The summed E-state index contributed by atoms with van der Waals surface area (Å²) in [6.07, 6.45) is 5.56. The van der Waals surface area contributed by atoms with E-state index in [1.807, 2.05) is 18.5 Å². The van der Waals surface area contributed by atoms with E-state index < -0.39 is 0 Å². The number of aryl methyl sites for hydroxylation is 2. The van der Waals surface area contributed by atoms with Gasteiger partial charge in [-0.2, -0.15) is 0 Å². The van der Waals surface area contributed by atoms with E-state index in [9.17, 15) is 0 Å². The highest BCUT2D eigenvalue weighted by Crippen LogP contribution is 2.24. The molecule has 2 aromatic heterocycles. The Morgan fingerprint density at radius 2 is 2.29 bits per heavy atom. The Morgan fingerprint density at radius 1 is 1.47 bits per heavy atom. The van der Waals surface area contributed by atoms with E-state index in [1.165, 1.54) is 0 Å². The van der Waals surface area contributed by atoms with Gasteiger partial charge in [-0.1, -0.05) is 6.92 Å². The molecule has 0 saturated heterocycles. The highest BCUT2D eigenvalue weighted by molar-refractivity contribution is 5.24. The van der Waals surface area contributed by atoms with Gasteiger partial charge in [0.1, 0.15) is 17.6 Å². The van der Waals surface area contributed by atoms with Crippen LogP contribution in [0.1, 0.15) is 37.0 Å². The maximum absolute atomic E-state index is 5.59. The highest BCUT2D eigenvalue weighted by Gasteiger charge is 2.22. The van der Waals surface area contributed by atoms with Crippen LogP contribution in [-0.4, -0.2) is 16.1 Å². The van der Waals surface area contributed by atoms with Crippen LogP contribution >= 0.6 is 0 Å². The number of nitrogens with one attached hydrogen (secondary N) is 1. The van der Waals surface area contributed by atoms with Crippen LogP contribution in [0, 0.1) is 6.92 Å². The van der Waals surface area contributed by atoms with E-state index in [0.29, 0.717) is 0 Å². The highest BCUT2D eigenvalue weighted by atomic mass is 16.3. The Labute approximate surface area is 102 Å². The van der Waals surface area contributed by atoms with Crippen molar-refractivity contribution >= 4 is 0 Å². The van der Waals surface area contributed by atoms with Gasteiger partial charge in [-0.25, -0.2) is 4.98 Å². The van der Waals surface area contributed by atoms with Crippen LogP contribution in [0.25, 0.3) is 0 Å². The maximum Gasteiger partial charge on any atom is 0.133 e. The topological polar surface area (TPSA) is 43.0 Å². The third kappa shape index (κ3) is 2.26. The Balaban J connectivity index is 2.39. The molecular weight excluding hydrogens is 214 g/mol. The summed E-state index contributed by atoms with van der Waals surface area (Å²) < 4.78 is 7.72. The summed E-state index contributed by atoms with van der Waals surface area (Å²) in [7, 11) is 0. The molecule has 0 aliphatic carbocycles. The van der Waals surface area contributed by atoms with Gasteiger partial charge in [0, 0.05) is 18.9 Å². The average molecular weight is 233 g/mol. The molecule has 0 saturated carbocycles. The average Bonchev–Trinajstić information content (AvgIpc) is 2.94. The Kier molecular flexibility index (Phi) is 3.64. The Hall–Kier alpha value is -1.55. The number of hydrogen-bond acceptors (Lipinski definition) is 3. The molecule has 2 heterocycles. The van der Waals surface area contributed by atoms with Crippen molar-refractivity contribution in [2.75, 3.05) is 6.54 Å². The summed E-state index contributed by atoms with van der Waals surface area (Å²) in [6.45, 7) is 8.05. The quantitative estimate of drug-likeness (QED) is 0.862. The molecule has 4 nitrogen and oxygen atoms in total. The lowest BCUT2D eigenvalue weighted by molar-refractivity contribution is 0.430. The molecular formula is C13H19N3O. The maximum atomic E-state index is 5.59. The zero-order valence-corrected chi connectivity index (χ0v) is 10.6. The third-order valence-corrected chi connectivity index (χ3v) is 2.92. The number of aromatic nitrogens is 2. The van der Waals surface area contributed by atoms with Gasteiger partial charge in [0.15, 0.2) is 0 Å². The van der Waals surface area contributed by atoms with Crippen molar-refractivity contribution in [2.24, 2.45) is 0 Å². The van der Waals surface area contributed by atoms with Gasteiger partial charge in [-0.15, -0.1) is 0 Å². The zero-order chi connectivity index (χ0) is 12.3. The van der Waals surface area contributed by atoms with Crippen LogP contribution in [0.4, 0.5) is 0 Å². The lowest BCUT2D eigenvalue weighted by Crippen LogP contribution is -2.25. The van der Waals surface area contributed by atoms with E-state index in [2.05, 4.69) is 35.6 Å². The first-order valence-electron chi connectivity index (χ1n) is 6.06. The molecule has 0 amide bonds. The standard InChI is InChI=1S/C13H19N3O/c1-4-14-11(12-10(3)6-9-17-12)13-15-7-8-16(13)5-2/h6-9,11,14H,4-5H2,1-3H3. The van der Waals surface area contributed by atoms with Crippen molar-refractivity contribution in [2.45, 2.75) is 33.4 Å². The van der Waals surface area contributed by atoms with E-state index in [-0.39, 0.29) is 6.04 Å². The van der Waals surface area contributed by atoms with Gasteiger partial charge in [0.2, 0.25) is 0 Å². The predicted octanol–water partition coefficient (Wildman–Crippen LogP) is 2.50. The summed E-state index contributed by atoms with van der Waals surface area (Å²) in [5.74, 6) is 1.96. The first-order chi connectivity index (χ1) is 8.27. The largest absolute Gasteiger partial charge is 0.467 e. The second-order valence-corrected chi connectivity index (χ2v) is 4.03. The van der Waals surface area contributed by atoms with Crippen molar-refractivity contribution in [1.82, 2.24) is 14.9 Å². The van der Waals surface area contributed by atoms with Crippen LogP contribution in [0.2, 0.25) is 0 Å². The van der Waals surface area contributed by atoms with E-state index >= 15 is 0 Å². The third-order valence-electron chi connectivity index (χ3n) is 2.92. The Morgan fingerprint density at radius 3 is 2.88 bits per heavy atom. The number of imidazole rings is 1. The van der Waals surface area contributed by atoms with Crippen molar-refractivity contribution in [1.29, 1.82) is 0 Å². The van der Waals surface area contributed by atoms with Crippen LogP contribution in [0.15, 0.2) is 29.1 Å². The summed E-state index contributed by atoms with van der Waals surface area (Å²) in [5.41, 5.74) is 1.15. The molecule has 2 aromatic rings. The second kappa shape index (κ2) is 5.19. The van der Waals surface area contributed by atoms with Gasteiger partial charge in [0.05, 0.1) is 6.26 Å². The van der Waals surface area contributed by atoms with Gasteiger partial charge >= 0.3 is 0 Å². The smallest absolute Gasteiger partial charge is 0.133 e. The zero-order valence-electron chi connectivity index (χ0n) is 10.6. The van der Waals surface area contributed by atoms with Crippen molar-refractivity contribution in [3.05, 3.63) is 41.9 Å². The van der Waals surface area contributed by atoms with Crippen LogP contribution in [-0.2, 0) is 6.54 Å². The fourth-order valence-electron chi connectivity index (χ4n) is 2.03. The second-order valence-electron chi connectivity index (χ2n) is 4.03. The minimum absolute atomic E-state index is 0.0324. The SMILES string of the molecule is CCNC(c1occc1C)c1nccn1CC.